The number of ether oxygens (including phenoxy) is 1. The van der Waals surface area contributed by atoms with Crippen LogP contribution in [0, 0.1) is 0 Å². The van der Waals surface area contributed by atoms with Gasteiger partial charge < -0.3 is 13.9 Å². The van der Waals surface area contributed by atoms with E-state index in [0.717, 1.165) is 49.2 Å². The highest BCUT2D eigenvalue weighted by atomic mass is 31.2. The smallest absolute Gasteiger partial charge is 0.337 e. The molecule has 0 atom stereocenters. The summed E-state index contributed by atoms with van der Waals surface area (Å²) in [6.07, 6.45) is 0. The van der Waals surface area contributed by atoms with Gasteiger partial charge in [0.05, 0.1) is 18.4 Å². The van der Waals surface area contributed by atoms with Crippen molar-refractivity contribution < 1.29 is 14.1 Å². The summed E-state index contributed by atoms with van der Waals surface area (Å²) < 4.78 is 22.6. The van der Waals surface area contributed by atoms with E-state index in [-0.39, 0.29) is 5.97 Å². The van der Waals surface area contributed by atoms with Gasteiger partial charge in [-0.1, -0.05) is 115 Å². The second kappa shape index (κ2) is 10.5. The quantitative estimate of drug-likeness (QED) is 0.170. The fourth-order valence-electron chi connectivity index (χ4n) is 5.54. The van der Waals surface area contributed by atoms with E-state index in [9.17, 15) is 4.79 Å². The summed E-state index contributed by atoms with van der Waals surface area (Å²) in [5.41, 5.74) is 5.41. The third kappa shape index (κ3) is 4.18. The Kier molecular flexibility index (Phi) is 6.71. The molecule has 196 valence electrons. The number of hydrogen-bond acceptors (Lipinski definition) is 3. The molecule has 6 aromatic rings. The lowest BCUT2D eigenvalue weighted by molar-refractivity contribution is 0.0600. The van der Waals surface area contributed by atoms with Crippen LogP contribution in [0.2, 0.25) is 0 Å². The van der Waals surface area contributed by atoms with Crippen molar-refractivity contribution in [1.82, 2.24) is 4.57 Å². The highest BCUT2D eigenvalue weighted by Gasteiger charge is 2.33. The first-order valence-electron chi connectivity index (χ1n) is 13.1. The second-order valence-electron chi connectivity index (χ2n) is 9.67. The Morgan fingerprint density at radius 3 is 1.85 bits per heavy atom. The molecular formula is C35H28NO3P. The van der Waals surface area contributed by atoms with Crippen molar-refractivity contribution in [3.05, 3.63) is 139 Å². The fourth-order valence-corrected chi connectivity index (χ4v) is 8.40. The number of hydrogen-bond donors (Lipinski definition) is 0. The molecule has 4 nitrogen and oxygen atoms in total. The summed E-state index contributed by atoms with van der Waals surface area (Å²) in [5, 5.41) is 3.44. The van der Waals surface area contributed by atoms with Crippen molar-refractivity contribution >= 4 is 39.9 Å². The molecule has 0 aliphatic carbocycles. The van der Waals surface area contributed by atoms with Crippen LogP contribution in [0.15, 0.2) is 133 Å². The molecule has 0 amide bonds. The average molecular weight is 542 g/mol. The Balaban J connectivity index is 1.67. The van der Waals surface area contributed by atoms with E-state index in [4.69, 9.17) is 4.74 Å². The lowest BCUT2D eigenvalue weighted by Gasteiger charge is -2.23. The van der Waals surface area contributed by atoms with Gasteiger partial charge in [0.25, 0.3) is 0 Å². The van der Waals surface area contributed by atoms with Gasteiger partial charge in [-0.15, -0.1) is 0 Å². The van der Waals surface area contributed by atoms with Crippen LogP contribution < -0.4 is 15.9 Å². The van der Waals surface area contributed by atoms with Gasteiger partial charge in [0.2, 0.25) is 0 Å². The topological polar surface area (TPSA) is 48.3 Å². The zero-order chi connectivity index (χ0) is 27.7. The molecule has 0 aliphatic rings. The minimum absolute atomic E-state index is 0.373. The molecular weight excluding hydrogens is 513 g/mol. The summed E-state index contributed by atoms with van der Waals surface area (Å²) in [7, 11) is 0.181. The third-order valence-electron chi connectivity index (χ3n) is 7.44. The number of carbonyl (C=O) groups excluding carboxylic acids is 1. The highest BCUT2D eigenvalue weighted by molar-refractivity contribution is 7.85. The third-order valence-corrected chi connectivity index (χ3v) is 10.6. The Bertz CT molecular complexity index is 1830. The number of rotatable bonds is 6. The standard InChI is InChI=1S/C35H28NO3P/c1-36-31-19-11-9-17-29(31)33(25-21-23-26(24-22-25)35(37)39-2)34(36)30-18-10-12-20-32(30)40(38,27-13-5-3-6-14-27)28-15-7-4-8-16-28/h3-24H,1-2H3. The summed E-state index contributed by atoms with van der Waals surface area (Å²) in [5.74, 6) is -0.373. The van der Waals surface area contributed by atoms with Crippen LogP contribution in [0.1, 0.15) is 10.4 Å². The first kappa shape index (κ1) is 25.6. The molecule has 0 saturated carbocycles. The molecule has 0 bridgehead atoms. The summed E-state index contributed by atoms with van der Waals surface area (Å²) in [6, 6.07) is 43.3. The fraction of sp³-hybridized carbons (Fsp3) is 0.0571. The second-order valence-corrected chi connectivity index (χ2v) is 12.4. The van der Waals surface area contributed by atoms with E-state index < -0.39 is 7.14 Å². The molecule has 1 heterocycles. The first-order chi connectivity index (χ1) is 19.5. The molecule has 5 aromatic carbocycles. The number of carbonyl (C=O) groups is 1. The van der Waals surface area contributed by atoms with Crippen LogP contribution in [-0.2, 0) is 16.3 Å². The summed E-state index contributed by atoms with van der Waals surface area (Å²) >= 11 is 0. The van der Waals surface area contributed by atoms with Gasteiger partial charge in [0.15, 0.2) is 7.14 Å². The molecule has 6 rings (SSSR count). The van der Waals surface area contributed by atoms with Crippen LogP contribution in [0.25, 0.3) is 33.3 Å². The van der Waals surface area contributed by atoms with Crippen molar-refractivity contribution in [3.8, 4) is 22.4 Å². The van der Waals surface area contributed by atoms with E-state index in [1.165, 1.54) is 7.11 Å². The molecule has 0 fully saturated rings. The molecule has 40 heavy (non-hydrogen) atoms. The number of benzene rings is 5. The summed E-state index contributed by atoms with van der Waals surface area (Å²) in [4.78, 5) is 12.1. The Labute approximate surface area is 233 Å². The Hall–Kier alpha value is -4.66. The van der Waals surface area contributed by atoms with Crippen molar-refractivity contribution in [1.29, 1.82) is 0 Å². The molecule has 0 saturated heterocycles. The predicted octanol–water partition coefficient (Wildman–Crippen LogP) is 6.94. The van der Waals surface area contributed by atoms with Gasteiger partial charge in [0, 0.05) is 45.0 Å². The molecule has 0 radical (unpaired) electrons. The van der Waals surface area contributed by atoms with Crippen LogP contribution >= 0.6 is 7.14 Å². The van der Waals surface area contributed by atoms with Crippen LogP contribution in [-0.4, -0.2) is 17.6 Å². The number of para-hydroxylation sites is 1. The highest BCUT2D eigenvalue weighted by Crippen LogP contribution is 2.48. The van der Waals surface area contributed by atoms with Crippen molar-refractivity contribution in [2.45, 2.75) is 0 Å². The summed E-state index contributed by atoms with van der Waals surface area (Å²) in [6.45, 7) is 0. The van der Waals surface area contributed by atoms with Gasteiger partial charge >= 0.3 is 5.97 Å². The lowest BCUT2D eigenvalue weighted by Crippen LogP contribution is -2.26. The van der Waals surface area contributed by atoms with Crippen molar-refractivity contribution in [2.75, 3.05) is 7.11 Å². The predicted molar refractivity (Wildman–Crippen MR) is 165 cm³/mol. The maximum absolute atomic E-state index is 15.5. The van der Waals surface area contributed by atoms with E-state index >= 15 is 4.57 Å². The monoisotopic (exact) mass is 541 g/mol. The number of aromatic nitrogens is 1. The van der Waals surface area contributed by atoms with Gasteiger partial charge in [-0.05, 0) is 23.8 Å². The molecule has 5 heteroatoms. The van der Waals surface area contributed by atoms with Gasteiger partial charge in [0.1, 0.15) is 0 Å². The van der Waals surface area contributed by atoms with Gasteiger partial charge in [-0.2, -0.15) is 0 Å². The molecule has 0 aliphatic heterocycles. The van der Waals surface area contributed by atoms with E-state index in [0.29, 0.717) is 5.56 Å². The minimum Gasteiger partial charge on any atom is -0.465 e. The number of methoxy groups -OCH3 is 1. The normalized spacial score (nSPS) is 11.4. The van der Waals surface area contributed by atoms with E-state index in [2.05, 4.69) is 29.8 Å². The molecule has 0 unspecified atom stereocenters. The molecule has 0 N–H and O–H groups in total. The first-order valence-corrected chi connectivity index (χ1v) is 14.8. The number of esters is 1. The van der Waals surface area contributed by atoms with Gasteiger partial charge in [-0.25, -0.2) is 4.79 Å². The van der Waals surface area contributed by atoms with Crippen LogP contribution in [0.4, 0.5) is 0 Å². The SMILES string of the molecule is COC(=O)c1ccc(-c2c(-c3ccccc3P(=O)(c3ccccc3)c3ccccc3)n(C)c3ccccc23)cc1. The van der Waals surface area contributed by atoms with Crippen molar-refractivity contribution in [2.24, 2.45) is 7.05 Å². The Morgan fingerprint density at radius 2 is 1.23 bits per heavy atom. The zero-order valence-corrected chi connectivity index (χ0v) is 23.2. The van der Waals surface area contributed by atoms with Gasteiger partial charge in [-0.3, -0.25) is 0 Å². The minimum atomic E-state index is -3.25. The number of aryl methyl sites for hydroxylation is 1. The largest absolute Gasteiger partial charge is 0.465 e. The van der Waals surface area contributed by atoms with E-state index in [1.54, 1.807) is 12.1 Å². The maximum Gasteiger partial charge on any atom is 0.337 e. The van der Waals surface area contributed by atoms with E-state index in [1.807, 2.05) is 103 Å². The lowest BCUT2D eigenvalue weighted by atomic mass is 9.97. The number of nitrogens with zero attached hydrogens (tertiary/aromatic N) is 1. The van der Waals surface area contributed by atoms with Crippen LogP contribution in [0.3, 0.4) is 0 Å². The van der Waals surface area contributed by atoms with Crippen LogP contribution in [0.5, 0.6) is 0 Å². The zero-order valence-electron chi connectivity index (χ0n) is 22.3. The molecule has 1 aromatic heterocycles. The molecule has 0 spiro atoms. The maximum atomic E-state index is 15.5. The van der Waals surface area contributed by atoms with Crippen molar-refractivity contribution in [3.63, 3.8) is 0 Å². The number of fused-ring (bicyclic) bond motifs is 1. The average Bonchev–Trinajstić information content (AvgIpc) is 3.33. The Morgan fingerprint density at radius 1 is 0.675 bits per heavy atom.